The van der Waals surface area contributed by atoms with Crippen molar-refractivity contribution in [2.75, 3.05) is 5.32 Å². The van der Waals surface area contributed by atoms with E-state index in [0.717, 1.165) is 5.56 Å². The third kappa shape index (κ3) is 5.31. The standard InChI is InChI=1S/C10H10Cl2N4OS/c11-8(12)9(17)15-7-3-1-6(2-4-7)5-14-16-10(13)18/h1-5,8H,(H,15,17)(H3,13,16,18)/b14-5-. The van der Waals surface area contributed by atoms with Crippen LogP contribution >= 0.6 is 35.4 Å². The molecule has 1 rings (SSSR count). The summed E-state index contributed by atoms with van der Waals surface area (Å²) in [5.74, 6) is -0.477. The predicted molar refractivity (Wildman–Crippen MR) is 78.1 cm³/mol. The van der Waals surface area contributed by atoms with Crippen molar-refractivity contribution in [3.05, 3.63) is 29.8 Å². The van der Waals surface area contributed by atoms with Gasteiger partial charge < -0.3 is 11.1 Å². The first-order valence-corrected chi connectivity index (χ1v) is 6.05. The number of anilines is 1. The number of alkyl halides is 2. The molecule has 96 valence electrons. The molecule has 0 heterocycles. The molecule has 0 fully saturated rings. The molecule has 8 heteroatoms. The molecule has 0 spiro atoms. The Labute approximate surface area is 119 Å². The number of carbonyl (C=O) groups excluding carboxylic acids is 1. The summed E-state index contributed by atoms with van der Waals surface area (Å²) in [4.78, 5) is 10.1. The number of rotatable bonds is 4. The fourth-order valence-corrected chi connectivity index (χ4v) is 1.18. The number of amides is 1. The lowest BCUT2D eigenvalue weighted by molar-refractivity contribution is -0.114. The van der Waals surface area contributed by atoms with Gasteiger partial charge in [-0.2, -0.15) is 5.10 Å². The summed E-state index contributed by atoms with van der Waals surface area (Å²) in [5, 5.41) is 6.42. The SMILES string of the molecule is NC(=S)N/N=C\c1ccc(NC(=O)C(Cl)Cl)cc1. The van der Waals surface area contributed by atoms with Gasteiger partial charge in [-0.1, -0.05) is 35.3 Å². The summed E-state index contributed by atoms with van der Waals surface area (Å²) < 4.78 is 0. The molecule has 0 bridgehead atoms. The minimum absolute atomic E-state index is 0.0883. The first-order chi connectivity index (χ1) is 8.49. The van der Waals surface area contributed by atoms with Gasteiger partial charge in [-0.25, -0.2) is 0 Å². The average molecular weight is 305 g/mol. The van der Waals surface area contributed by atoms with Gasteiger partial charge in [0, 0.05) is 5.69 Å². The highest BCUT2D eigenvalue weighted by atomic mass is 35.5. The van der Waals surface area contributed by atoms with Crippen molar-refractivity contribution in [1.29, 1.82) is 0 Å². The molecule has 0 aliphatic carbocycles. The number of halogens is 2. The molecule has 0 atom stereocenters. The maximum atomic E-state index is 11.2. The van der Waals surface area contributed by atoms with Crippen molar-refractivity contribution < 1.29 is 4.79 Å². The van der Waals surface area contributed by atoms with Crippen LogP contribution in [0.25, 0.3) is 0 Å². The van der Waals surface area contributed by atoms with Gasteiger partial charge in [0.1, 0.15) is 0 Å². The Morgan fingerprint density at radius 3 is 2.50 bits per heavy atom. The Kier molecular flexibility index (Phi) is 5.84. The van der Waals surface area contributed by atoms with Crippen LogP contribution < -0.4 is 16.5 Å². The largest absolute Gasteiger partial charge is 0.375 e. The molecule has 0 aromatic heterocycles. The maximum absolute atomic E-state index is 11.2. The van der Waals surface area contributed by atoms with Crippen LogP contribution in [-0.2, 0) is 4.79 Å². The minimum atomic E-state index is -1.10. The van der Waals surface area contributed by atoms with E-state index in [1.54, 1.807) is 24.3 Å². The summed E-state index contributed by atoms with van der Waals surface area (Å²) >= 11 is 15.4. The van der Waals surface area contributed by atoms with Gasteiger partial charge in [-0.05, 0) is 29.9 Å². The molecular weight excluding hydrogens is 295 g/mol. The molecule has 1 amide bonds. The lowest BCUT2D eigenvalue weighted by Gasteiger charge is -2.05. The van der Waals surface area contributed by atoms with Crippen LogP contribution in [0.4, 0.5) is 5.69 Å². The van der Waals surface area contributed by atoms with Gasteiger partial charge in [0.25, 0.3) is 5.91 Å². The van der Waals surface area contributed by atoms with Crippen molar-refractivity contribution in [3.8, 4) is 0 Å². The second kappa shape index (κ2) is 7.15. The second-order valence-corrected chi connectivity index (χ2v) is 4.68. The Morgan fingerprint density at radius 2 is 2.00 bits per heavy atom. The van der Waals surface area contributed by atoms with Gasteiger partial charge >= 0.3 is 0 Å². The first kappa shape index (κ1) is 14.7. The van der Waals surface area contributed by atoms with Crippen LogP contribution in [0.3, 0.4) is 0 Å². The minimum Gasteiger partial charge on any atom is -0.375 e. The summed E-state index contributed by atoms with van der Waals surface area (Å²) in [5.41, 5.74) is 9.03. The molecule has 0 radical (unpaired) electrons. The molecule has 1 aromatic rings. The Morgan fingerprint density at radius 1 is 1.39 bits per heavy atom. The summed E-state index contributed by atoms with van der Waals surface area (Å²) in [6.45, 7) is 0. The van der Waals surface area contributed by atoms with Crippen molar-refractivity contribution in [2.45, 2.75) is 4.84 Å². The lowest BCUT2D eigenvalue weighted by Crippen LogP contribution is -2.23. The fraction of sp³-hybridized carbons (Fsp3) is 0.100. The Bertz CT molecular complexity index is 461. The number of hydrogen-bond acceptors (Lipinski definition) is 3. The van der Waals surface area contributed by atoms with Crippen molar-refractivity contribution >= 4 is 58.3 Å². The van der Waals surface area contributed by atoms with Crippen molar-refractivity contribution in [1.82, 2.24) is 5.43 Å². The predicted octanol–water partition coefficient (Wildman–Crippen LogP) is 1.60. The van der Waals surface area contributed by atoms with Crippen LogP contribution in [0.5, 0.6) is 0 Å². The van der Waals surface area contributed by atoms with Gasteiger partial charge in [-0.3, -0.25) is 10.2 Å². The number of hydrazone groups is 1. The van der Waals surface area contributed by atoms with Crippen molar-refractivity contribution in [2.24, 2.45) is 10.8 Å². The molecule has 0 aliphatic rings. The summed E-state index contributed by atoms with van der Waals surface area (Å²) in [7, 11) is 0. The molecule has 5 nitrogen and oxygen atoms in total. The number of hydrogen-bond donors (Lipinski definition) is 3. The van der Waals surface area contributed by atoms with Crippen molar-refractivity contribution in [3.63, 3.8) is 0 Å². The smallest absolute Gasteiger partial charge is 0.257 e. The highest BCUT2D eigenvalue weighted by Crippen LogP contribution is 2.11. The van der Waals surface area contributed by atoms with Crippen LogP contribution in [0.1, 0.15) is 5.56 Å². The number of benzene rings is 1. The highest BCUT2D eigenvalue weighted by Gasteiger charge is 2.10. The highest BCUT2D eigenvalue weighted by molar-refractivity contribution is 7.80. The molecule has 18 heavy (non-hydrogen) atoms. The number of nitrogens with one attached hydrogen (secondary N) is 2. The van der Waals surface area contributed by atoms with Gasteiger partial charge in [0.15, 0.2) is 9.95 Å². The molecule has 0 unspecified atom stereocenters. The van der Waals surface area contributed by atoms with E-state index in [0.29, 0.717) is 5.69 Å². The molecule has 0 saturated heterocycles. The van der Waals surface area contributed by atoms with E-state index in [-0.39, 0.29) is 5.11 Å². The number of nitrogens with two attached hydrogens (primary N) is 1. The third-order valence-corrected chi connectivity index (χ3v) is 2.25. The summed E-state index contributed by atoms with van der Waals surface area (Å²) in [6.07, 6.45) is 1.54. The zero-order chi connectivity index (χ0) is 13.5. The Hall–Kier alpha value is -1.37. The Balaban J connectivity index is 2.60. The second-order valence-electron chi connectivity index (χ2n) is 3.15. The van der Waals surface area contributed by atoms with E-state index < -0.39 is 10.7 Å². The van der Waals surface area contributed by atoms with E-state index in [4.69, 9.17) is 28.9 Å². The quantitative estimate of drug-likeness (QED) is 0.342. The van der Waals surface area contributed by atoms with E-state index in [9.17, 15) is 4.79 Å². The van der Waals surface area contributed by atoms with Crippen LogP contribution in [0.2, 0.25) is 0 Å². The van der Waals surface area contributed by atoms with E-state index in [2.05, 4.69) is 28.1 Å². The number of thiocarbonyl (C=S) groups is 1. The molecule has 0 saturated carbocycles. The zero-order valence-corrected chi connectivity index (χ0v) is 11.4. The number of nitrogens with zero attached hydrogens (tertiary/aromatic N) is 1. The summed E-state index contributed by atoms with van der Waals surface area (Å²) in [6, 6.07) is 6.88. The fourth-order valence-electron chi connectivity index (χ4n) is 1.02. The third-order valence-electron chi connectivity index (χ3n) is 1.76. The van der Waals surface area contributed by atoms with E-state index in [1.165, 1.54) is 6.21 Å². The molecular formula is C10H10Cl2N4OS. The molecule has 4 N–H and O–H groups in total. The first-order valence-electron chi connectivity index (χ1n) is 4.76. The van der Waals surface area contributed by atoms with Crippen LogP contribution in [-0.4, -0.2) is 22.1 Å². The van der Waals surface area contributed by atoms with Crippen LogP contribution in [0.15, 0.2) is 29.4 Å². The van der Waals surface area contributed by atoms with Gasteiger partial charge in [0.05, 0.1) is 6.21 Å². The number of carbonyl (C=O) groups is 1. The van der Waals surface area contributed by atoms with E-state index >= 15 is 0 Å². The van der Waals surface area contributed by atoms with Gasteiger partial charge in [0.2, 0.25) is 0 Å². The molecule has 1 aromatic carbocycles. The zero-order valence-electron chi connectivity index (χ0n) is 9.06. The maximum Gasteiger partial charge on any atom is 0.257 e. The monoisotopic (exact) mass is 304 g/mol. The van der Waals surface area contributed by atoms with Gasteiger partial charge in [-0.15, -0.1) is 0 Å². The van der Waals surface area contributed by atoms with Crippen LogP contribution in [0, 0.1) is 0 Å². The molecule has 0 aliphatic heterocycles. The normalized spacial score (nSPS) is 10.6. The van der Waals surface area contributed by atoms with E-state index in [1.807, 2.05) is 0 Å². The lowest BCUT2D eigenvalue weighted by atomic mass is 10.2. The average Bonchev–Trinajstić information content (AvgIpc) is 2.30. The topological polar surface area (TPSA) is 79.5 Å².